The van der Waals surface area contributed by atoms with E-state index in [0.717, 1.165) is 21.3 Å². The lowest BCUT2D eigenvalue weighted by Crippen LogP contribution is -2.50. The van der Waals surface area contributed by atoms with E-state index in [1.165, 1.54) is 0 Å². The molecule has 0 aliphatic heterocycles. The first-order chi connectivity index (χ1) is 9.40. The molecule has 0 spiro atoms. The molecule has 0 rings (SSSR count). The molecule has 0 aromatic rings. The summed E-state index contributed by atoms with van der Waals surface area (Å²) in [7, 11) is 3.22. The number of rotatable bonds is 7. The van der Waals surface area contributed by atoms with Crippen LogP contribution in [0.25, 0.3) is 0 Å². The van der Waals surface area contributed by atoms with E-state index in [-0.39, 0.29) is 0 Å². The van der Waals surface area contributed by atoms with Crippen molar-refractivity contribution in [3.63, 3.8) is 0 Å². The van der Waals surface area contributed by atoms with E-state index < -0.39 is 48.8 Å². The van der Waals surface area contributed by atoms with Crippen LogP contribution in [-0.2, 0) is 33.4 Å². The minimum absolute atomic E-state index is 0.491. The van der Waals surface area contributed by atoms with Crippen molar-refractivity contribution in [3.8, 4) is 0 Å². The SMILES string of the molecule is COC(=O)C[C@@H](C(=O)OC)[C@@H](NC(=O)CO)C(=O)OC. The monoisotopic (exact) mass is 291 g/mol. The van der Waals surface area contributed by atoms with Gasteiger partial charge in [-0.05, 0) is 0 Å². The fourth-order valence-corrected chi connectivity index (χ4v) is 1.42. The van der Waals surface area contributed by atoms with E-state index in [1.54, 1.807) is 0 Å². The average Bonchev–Trinajstić information content (AvgIpc) is 2.48. The second kappa shape index (κ2) is 8.86. The van der Waals surface area contributed by atoms with Gasteiger partial charge in [-0.25, -0.2) is 4.79 Å². The number of aliphatic hydroxyl groups is 1. The number of esters is 3. The highest BCUT2D eigenvalue weighted by molar-refractivity contribution is 5.91. The fraction of sp³-hybridized carbons (Fsp3) is 0.636. The molecule has 0 fully saturated rings. The Labute approximate surface area is 115 Å². The number of amides is 1. The van der Waals surface area contributed by atoms with Gasteiger partial charge in [0.2, 0.25) is 5.91 Å². The van der Waals surface area contributed by atoms with E-state index in [9.17, 15) is 19.2 Å². The van der Waals surface area contributed by atoms with E-state index in [1.807, 2.05) is 0 Å². The van der Waals surface area contributed by atoms with Gasteiger partial charge in [-0.1, -0.05) is 0 Å². The van der Waals surface area contributed by atoms with Gasteiger partial charge in [-0.3, -0.25) is 14.4 Å². The first-order valence-electron chi connectivity index (χ1n) is 5.53. The summed E-state index contributed by atoms with van der Waals surface area (Å²) in [5.74, 6) is -4.85. The molecule has 114 valence electrons. The molecular formula is C11H17NO8. The van der Waals surface area contributed by atoms with Crippen molar-refractivity contribution in [1.29, 1.82) is 0 Å². The number of carbonyl (C=O) groups excluding carboxylic acids is 4. The van der Waals surface area contributed by atoms with Crippen LogP contribution in [-0.4, -0.2) is 62.9 Å². The minimum Gasteiger partial charge on any atom is -0.469 e. The van der Waals surface area contributed by atoms with Gasteiger partial charge >= 0.3 is 17.9 Å². The zero-order valence-electron chi connectivity index (χ0n) is 11.4. The Morgan fingerprint density at radius 2 is 1.55 bits per heavy atom. The molecule has 1 amide bonds. The van der Waals surface area contributed by atoms with Crippen molar-refractivity contribution in [2.45, 2.75) is 12.5 Å². The first-order valence-corrected chi connectivity index (χ1v) is 5.53. The summed E-state index contributed by atoms with van der Waals surface area (Å²) >= 11 is 0. The largest absolute Gasteiger partial charge is 0.469 e. The third kappa shape index (κ3) is 5.22. The molecule has 0 aromatic carbocycles. The predicted molar refractivity (Wildman–Crippen MR) is 63.2 cm³/mol. The second-order valence-corrected chi connectivity index (χ2v) is 3.64. The number of carbonyl (C=O) groups is 4. The van der Waals surface area contributed by atoms with Gasteiger partial charge < -0.3 is 24.6 Å². The Morgan fingerprint density at radius 1 is 1.00 bits per heavy atom. The topological polar surface area (TPSA) is 128 Å². The van der Waals surface area contributed by atoms with Crippen LogP contribution in [0.1, 0.15) is 6.42 Å². The molecule has 0 aromatic heterocycles. The molecule has 0 unspecified atom stereocenters. The summed E-state index contributed by atoms with van der Waals surface area (Å²) in [6.45, 7) is -0.889. The van der Waals surface area contributed by atoms with Crippen molar-refractivity contribution in [3.05, 3.63) is 0 Å². The third-order valence-corrected chi connectivity index (χ3v) is 2.44. The van der Waals surface area contributed by atoms with Gasteiger partial charge in [0.05, 0.1) is 33.7 Å². The molecule has 2 N–H and O–H groups in total. The van der Waals surface area contributed by atoms with Crippen LogP contribution in [0.2, 0.25) is 0 Å². The number of hydrogen-bond donors (Lipinski definition) is 2. The molecule has 2 atom stereocenters. The van der Waals surface area contributed by atoms with Crippen molar-refractivity contribution in [2.24, 2.45) is 5.92 Å². The Balaban J connectivity index is 5.26. The maximum atomic E-state index is 11.6. The molecule has 0 bridgehead atoms. The highest BCUT2D eigenvalue weighted by Gasteiger charge is 2.38. The van der Waals surface area contributed by atoms with Crippen LogP contribution in [0.3, 0.4) is 0 Å². The highest BCUT2D eigenvalue weighted by Crippen LogP contribution is 2.14. The zero-order valence-corrected chi connectivity index (χ0v) is 11.4. The minimum atomic E-state index is -1.47. The number of ether oxygens (including phenoxy) is 3. The Kier molecular flexibility index (Phi) is 7.90. The molecule has 20 heavy (non-hydrogen) atoms. The lowest BCUT2D eigenvalue weighted by molar-refractivity contribution is -0.159. The van der Waals surface area contributed by atoms with Gasteiger partial charge in [0.1, 0.15) is 12.6 Å². The van der Waals surface area contributed by atoms with Crippen LogP contribution < -0.4 is 5.32 Å². The lowest BCUT2D eigenvalue weighted by Gasteiger charge is -2.23. The maximum Gasteiger partial charge on any atom is 0.329 e. The third-order valence-electron chi connectivity index (χ3n) is 2.44. The van der Waals surface area contributed by atoms with Gasteiger partial charge in [-0.15, -0.1) is 0 Å². The number of methoxy groups -OCH3 is 3. The maximum absolute atomic E-state index is 11.6. The van der Waals surface area contributed by atoms with Crippen molar-refractivity contribution in [1.82, 2.24) is 5.32 Å². The van der Waals surface area contributed by atoms with Crippen LogP contribution in [0.5, 0.6) is 0 Å². The number of nitrogens with one attached hydrogen (secondary N) is 1. The average molecular weight is 291 g/mol. The van der Waals surface area contributed by atoms with Gasteiger partial charge in [0.25, 0.3) is 0 Å². The zero-order chi connectivity index (χ0) is 15.7. The van der Waals surface area contributed by atoms with Gasteiger partial charge in [0.15, 0.2) is 0 Å². The van der Waals surface area contributed by atoms with Crippen LogP contribution >= 0.6 is 0 Å². The van der Waals surface area contributed by atoms with Gasteiger partial charge in [0, 0.05) is 0 Å². The number of aliphatic hydroxyl groups excluding tert-OH is 1. The van der Waals surface area contributed by atoms with Crippen LogP contribution in [0.15, 0.2) is 0 Å². The normalized spacial score (nSPS) is 12.8. The standard InChI is InChI=1S/C11H17NO8/c1-18-8(15)4-6(10(16)19-2)9(11(17)20-3)12-7(14)5-13/h6,9,13H,4-5H2,1-3H3,(H,12,14)/t6-,9-/m1/s1. The molecule has 0 aliphatic rings. The predicted octanol–water partition coefficient (Wildman–Crippen LogP) is -2.01. The molecule has 0 radical (unpaired) electrons. The fourth-order valence-electron chi connectivity index (χ4n) is 1.42. The molecule has 0 saturated heterocycles. The molecule has 0 saturated carbocycles. The Morgan fingerprint density at radius 3 is 1.95 bits per heavy atom. The molecule has 0 heterocycles. The highest BCUT2D eigenvalue weighted by atomic mass is 16.5. The summed E-state index contributed by atoms with van der Waals surface area (Å²) in [5, 5.41) is 10.8. The molecule has 9 nitrogen and oxygen atoms in total. The summed E-state index contributed by atoms with van der Waals surface area (Å²) < 4.78 is 13.3. The quantitative estimate of drug-likeness (QED) is 0.406. The van der Waals surface area contributed by atoms with E-state index >= 15 is 0 Å². The Hall–Kier alpha value is -2.16. The van der Waals surface area contributed by atoms with E-state index in [4.69, 9.17) is 5.11 Å². The molecule has 0 aliphatic carbocycles. The molecular weight excluding hydrogens is 274 g/mol. The second-order valence-electron chi connectivity index (χ2n) is 3.64. The van der Waals surface area contributed by atoms with Crippen molar-refractivity contribution in [2.75, 3.05) is 27.9 Å². The van der Waals surface area contributed by atoms with Crippen molar-refractivity contribution >= 4 is 23.8 Å². The summed E-state index contributed by atoms with van der Waals surface area (Å²) in [4.78, 5) is 45.7. The van der Waals surface area contributed by atoms with Crippen LogP contribution in [0, 0.1) is 5.92 Å². The number of hydrogen-bond acceptors (Lipinski definition) is 8. The summed E-state index contributed by atoms with van der Waals surface area (Å²) in [5.41, 5.74) is 0. The summed E-state index contributed by atoms with van der Waals surface area (Å²) in [6.07, 6.45) is -0.491. The lowest BCUT2D eigenvalue weighted by atomic mass is 9.96. The van der Waals surface area contributed by atoms with Gasteiger partial charge in [-0.2, -0.15) is 0 Å². The molecule has 9 heteroatoms. The first kappa shape index (κ1) is 17.8. The van der Waals surface area contributed by atoms with Crippen LogP contribution in [0.4, 0.5) is 0 Å². The Bertz CT molecular complexity index is 345. The smallest absolute Gasteiger partial charge is 0.329 e. The van der Waals surface area contributed by atoms with Crippen molar-refractivity contribution < 1.29 is 38.5 Å². The summed E-state index contributed by atoms with van der Waals surface area (Å²) in [6, 6.07) is -1.47. The van der Waals surface area contributed by atoms with E-state index in [2.05, 4.69) is 19.5 Å². The van der Waals surface area contributed by atoms with E-state index in [0.29, 0.717) is 0 Å².